The van der Waals surface area contributed by atoms with Crippen molar-refractivity contribution in [2.75, 3.05) is 13.2 Å². The Morgan fingerprint density at radius 2 is 1.44 bits per heavy atom. The van der Waals surface area contributed by atoms with E-state index in [1.165, 1.54) is 0 Å². The van der Waals surface area contributed by atoms with Crippen molar-refractivity contribution in [1.29, 1.82) is 0 Å². The summed E-state index contributed by atoms with van der Waals surface area (Å²) in [5.74, 6) is -0.174. The number of carboxylic acid groups (broad SMARTS) is 2. The number of para-hydroxylation sites is 1. The maximum absolute atomic E-state index is 11.9. The van der Waals surface area contributed by atoms with Gasteiger partial charge in [0.2, 0.25) is 0 Å². The van der Waals surface area contributed by atoms with Gasteiger partial charge in [0.1, 0.15) is 11.5 Å². The highest BCUT2D eigenvalue weighted by Gasteiger charge is 2.16. The number of hydrogen-bond donors (Lipinski definition) is 2. The van der Waals surface area contributed by atoms with Gasteiger partial charge in [-0.2, -0.15) is 0 Å². The molecule has 0 bridgehead atoms. The molecule has 0 atom stereocenters. The van der Waals surface area contributed by atoms with Gasteiger partial charge in [0.25, 0.3) is 0 Å². The molecule has 7 heteroatoms. The third kappa shape index (κ3) is 7.98. The number of rotatable bonds is 15. The summed E-state index contributed by atoms with van der Waals surface area (Å²) in [6.45, 7) is 1.78. The molecule has 0 unspecified atom stereocenters. The molecule has 0 aliphatic heterocycles. The van der Waals surface area contributed by atoms with E-state index in [0.717, 1.165) is 47.4 Å². The number of benzene rings is 3. The van der Waals surface area contributed by atoms with Crippen LogP contribution in [0.15, 0.2) is 79.0 Å². The summed E-state index contributed by atoms with van der Waals surface area (Å²) in [5.41, 5.74) is 2.74. The lowest BCUT2D eigenvalue weighted by molar-refractivity contribution is -0.137. The number of aliphatic carboxylic acids is 1. The number of carbonyl (C=O) groups is 2. The fraction of sp³-hybridized carbons (Fsp3) is 0.250. The first-order valence-corrected chi connectivity index (χ1v) is 13.2. The highest BCUT2D eigenvalue weighted by molar-refractivity contribution is 6.07. The molecule has 0 spiro atoms. The highest BCUT2D eigenvalue weighted by Crippen LogP contribution is 2.28. The molecule has 0 radical (unpaired) electrons. The Bertz CT molecular complexity index is 1410. The van der Waals surface area contributed by atoms with E-state index in [0.29, 0.717) is 31.6 Å². The van der Waals surface area contributed by atoms with Crippen LogP contribution in [0.2, 0.25) is 0 Å². The molecule has 0 amide bonds. The number of aryl methyl sites for hydroxylation is 1. The van der Waals surface area contributed by atoms with Gasteiger partial charge in [0, 0.05) is 30.1 Å². The first-order valence-electron chi connectivity index (χ1n) is 13.2. The largest absolute Gasteiger partial charge is 0.494 e. The molecule has 4 aromatic rings. The van der Waals surface area contributed by atoms with Crippen molar-refractivity contribution >= 4 is 35.0 Å². The lowest BCUT2D eigenvalue weighted by atomic mass is 10.0. The van der Waals surface area contributed by atoms with Gasteiger partial charge in [-0.3, -0.25) is 4.79 Å². The topological polar surface area (TPSA) is 98.0 Å². The minimum Gasteiger partial charge on any atom is -0.494 e. The minimum atomic E-state index is -1.01. The van der Waals surface area contributed by atoms with Crippen LogP contribution in [-0.2, 0) is 11.3 Å². The van der Waals surface area contributed by atoms with Crippen molar-refractivity contribution in [2.24, 2.45) is 0 Å². The normalized spacial score (nSPS) is 11.2. The predicted octanol–water partition coefficient (Wildman–Crippen LogP) is 7.00. The molecule has 202 valence electrons. The van der Waals surface area contributed by atoms with Crippen LogP contribution >= 0.6 is 0 Å². The summed E-state index contributed by atoms with van der Waals surface area (Å²) in [7, 11) is 0. The van der Waals surface area contributed by atoms with Gasteiger partial charge in [-0.1, -0.05) is 54.6 Å². The summed E-state index contributed by atoms with van der Waals surface area (Å²) >= 11 is 0. The van der Waals surface area contributed by atoms with E-state index in [-0.39, 0.29) is 12.0 Å². The average Bonchev–Trinajstić information content (AvgIpc) is 3.32. The Hall–Kier alpha value is -4.52. The fourth-order valence-corrected chi connectivity index (χ4v) is 4.41. The van der Waals surface area contributed by atoms with Gasteiger partial charge in [-0.05, 0) is 67.1 Å². The molecule has 0 fully saturated rings. The molecule has 4 rings (SSSR count). The summed E-state index contributed by atoms with van der Waals surface area (Å²) < 4.78 is 13.4. The molecule has 0 aliphatic rings. The number of unbranched alkanes of at least 4 members (excludes halogenated alkanes) is 2. The molecule has 7 nitrogen and oxygen atoms in total. The van der Waals surface area contributed by atoms with E-state index in [1.54, 1.807) is 6.20 Å². The van der Waals surface area contributed by atoms with E-state index in [1.807, 2.05) is 89.5 Å². The summed E-state index contributed by atoms with van der Waals surface area (Å²) in [6, 6.07) is 23.2. The third-order valence-corrected chi connectivity index (χ3v) is 6.36. The standard InChI is InChI=1S/C32H33NO6/c34-30(35)13-8-20-33-23-28(32(36)37)31-25(9-7-12-29(31)33)17-14-24-15-18-27(19-16-24)39-22-6-2-5-21-38-26-10-3-1-4-11-26/h1,3-4,7,9-12,14-19,23H,2,5-6,8,13,20-22H2,(H,34,35)(H,36,37). The van der Waals surface area contributed by atoms with Crippen molar-refractivity contribution in [1.82, 2.24) is 4.57 Å². The van der Waals surface area contributed by atoms with Crippen LogP contribution in [0.25, 0.3) is 23.1 Å². The van der Waals surface area contributed by atoms with Crippen molar-refractivity contribution < 1.29 is 29.3 Å². The molecular formula is C32H33NO6. The first-order chi connectivity index (χ1) is 19.0. The molecule has 0 aliphatic carbocycles. The number of aromatic nitrogens is 1. The SMILES string of the molecule is O=C(O)CCCn1cc(C(=O)O)c2c(C=Cc3ccc(OCCCCCOc4ccccc4)cc3)cccc21. The second-order valence-corrected chi connectivity index (χ2v) is 9.25. The number of carboxylic acids is 2. The van der Waals surface area contributed by atoms with Crippen LogP contribution in [0, 0.1) is 0 Å². The predicted molar refractivity (Wildman–Crippen MR) is 152 cm³/mol. The number of ether oxygens (including phenoxy) is 2. The molecule has 2 N–H and O–H groups in total. The van der Waals surface area contributed by atoms with Gasteiger partial charge in [0.15, 0.2) is 0 Å². The van der Waals surface area contributed by atoms with Crippen LogP contribution in [-0.4, -0.2) is 39.9 Å². The van der Waals surface area contributed by atoms with Crippen LogP contribution in [0.3, 0.4) is 0 Å². The summed E-state index contributed by atoms with van der Waals surface area (Å²) in [5, 5.41) is 19.3. The van der Waals surface area contributed by atoms with E-state index >= 15 is 0 Å². The zero-order valence-electron chi connectivity index (χ0n) is 21.8. The lowest BCUT2D eigenvalue weighted by Crippen LogP contribution is -2.01. The van der Waals surface area contributed by atoms with Crippen LogP contribution in [0.4, 0.5) is 0 Å². The lowest BCUT2D eigenvalue weighted by Gasteiger charge is -2.08. The van der Waals surface area contributed by atoms with Gasteiger partial charge in [-0.15, -0.1) is 0 Å². The molecular weight excluding hydrogens is 494 g/mol. The van der Waals surface area contributed by atoms with Crippen molar-refractivity contribution in [3.05, 3.63) is 95.7 Å². The molecule has 3 aromatic carbocycles. The zero-order chi connectivity index (χ0) is 27.5. The smallest absolute Gasteiger partial charge is 0.337 e. The Labute approximate surface area is 227 Å². The maximum atomic E-state index is 11.9. The maximum Gasteiger partial charge on any atom is 0.337 e. The van der Waals surface area contributed by atoms with Gasteiger partial charge >= 0.3 is 11.9 Å². The van der Waals surface area contributed by atoms with Crippen molar-refractivity contribution in [2.45, 2.75) is 38.6 Å². The Balaban J connectivity index is 1.30. The first kappa shape index (κ1) is 27.5. The van der Waals surface area contributed by atoms with Gasteiger partial charge in [0.05, 0.1) is 18.8 Å². The minimum absolute atomic E-state index is 0.0328. The zero-order valence-corrected chi connectivity index (χ0v) is 21.8. The highest BCUT2D eigenvalue weighted by atomic mass is 16.5. The Kier molecular flexibility index (Phi) is 9.78. The fourth-order valence-electron chi connectivity index (χ4n) is 4.41. The molecule has 1 aromatic heterocycles. The second kappa shape index (κ2) is 13.9. The molecule has 39 heavy (non-hydrogen) atoms. The monoisotopic (exact) mass is 527 g/mol. The number of fused-ring (bicyclic) bond motifs is 1. The van der Waals surface area contributed by atoms with Crippen LogP contribution < -0.4 is 9.47 Å². The van der Waals surface area contributed by atoms with Gasteiger partial charge < -0.3 is 24.3 Å². The Morgan fingerprint density at radius 3 is 2.10 bits per heavy atom. The number of hydrogen-bond acceptors (Lipinski definition) is 4. The summed E-state index contributed by atoms with van der Waals surface area (Å²) in [4.78, 5) is 22.8. The molecule has 1 heterocycles. The average molecular weight is 528 g/mol. The van der Waals surface area contributed by atoms with Crippen LogP contribution in [0.5, 0.6) is 11.5 Å². The van der Waals surface area contributed by atoms with Gasteiger partial charge in [-0.25, -0.2) is 4.79 Å². The molecule has 0 saturated carbocycles. The van der Waals surface area contributed by atoms with E-state index < -0.39 is 11.9 Å². The van der Waals surface area contributed by atoms with Crippen molar-refractivity contribution in [3.8, 4) is 11.5 Å². The quantitative estimate of drug-likeness (QED) is 0.128. The van der Waals surface area contributed by atoms with Crippen molar-refractivity contribution in [3.63, 3.8) is 0 Å². The summed E-state index contributed by atoms with van der Waals surface area (Å²) in [6.07, 6.45) is 8.85. The van der Waals surface area contributed by atoms with E-state index in [2.05, 4.69) is 0 Å². The second-order valence-electron chi connectivity index (χ2n) is 9.25. The molecule has 0 saturated heterocycles. The Morgan fingerprint density at radius 1 is 0.744 bits per heavy atom. The van der Waals surface area contributed by atoms with Crippen LogP contribution in [0.1, 0.15) is 53.6 Å². The number of nitrogens with zero attached hydrogens (tertiary/aromatic N) is 1. The van der Waals surface area contributed by atoms with E-state index in [4.69, 9.17) is 14.6 Å². The number of aromatic carboxylic acids is 1. The third-order valence-electron chi connectivity index (χ3n) is 6.36. The van der Waals surface area contributed by atoms with E-state index in [9.17, 15) is 14.7 Å².